The molecule has 0 aliphatic rings. The van der Waals surface area contributed by atoms with Crippen molar-refractivity contribution in [3.8, 4) is 0 Å². The average molecular weight is 344 g/mol. The van der Waals surface area contributed by atoms with Crippen LogP contribution >= 0.6 is 12.2 Å². The van der Waals surface area contributed by atoms with Crippen LogP contribution in [0.2, 0.25) is 0 Å². The van der Waals surface area contributed by atoms with Crippen molar-refractivity contribution in [3.63, 3.8) is 0 Å². The molecule has 7 nitrogen and oxygen atoms in total. The molecule has 0 spiro atoms. The lowest BCUT2D eigenvalue weighted by Gasteiger charge is -2.26. The second-order valence-electron chi connectivity index (χ2n) is 5.17. The van der Waals surface area contributed by atoms with Gasteiger partial charge in [-0.05, 0) is 24.2 Å². The molecule has 0 aliphatic heterocycles. The monoisotopic (exact) mass is 344 g/mol. The number of hydrogen-bond donors (Lipinski definition) is 7. The fourth-order valence-corrected chi connectivity index (χ4v) is 2.09. The van der Waals surface area contributed by atoms with E-state index in [4.69, 9.17) is 17.3 Å². The van der Waals surface area contributed by atoms with Crippen LogP contribution in [0, 0.1) is 0 Å². The first-order chi connectivity index (χ1) is 11.0. The summed E-state index contributed by atoms with van der Waals surface area (Å²) in [5.41, 5.74) is 1.17. The van der Waals surface area contributed by atoms with Gasteiger partial charge in [-0.25, -0.2) is 0 Å². The summed E-state index contributed by atoms with van der Waals surface area (Å²) in [6, 6.07) is 9.86. The van der Waals surface area contributed by atoms with E-state index in [-0.39, 0.29) is 6.54 Å². The Morgan fingerprint density at radius 3 is 2.17 bits per heavy atom. The molecule has 0 heterocycles. The highest BCUT2D eigenvalue weighted by Gasteiger charge is 2.29. The quantitative estimate of drug-likeness (QED) is 0.260. The van der Waals surface area contributed by atoms with Crippen molar-refractivity contribution in [3.05, 3.63) is 35.9 Å². The van der Waals surface area contributed by atoms with E-state index < -0.39 is 31.0 Å². The summed E-state index contributed by atoms with van der Waals surface area (Å²) in [6.45, 7) is -0.203. The van der Waals surface area contributed by atoms with E-state index in [0.717, 1.165) is 6.42 Å². The second kappa shape index (κ2) is 10.5. The Hall–Kier alpha value is -1.29. The molecule has 0 amide bonds. The van der Waals surface area contributed by atoms with Crippen LogP contribution < -0.4 is 10.6 Å². The molecule has 1 aromatic rings. The van der Waals surface area contributed by atoms with Gasteiger partial charge < -0.3 is 36.2 Å². The highest BCUT2D eigenvalue weighted by molar-refractivity contribution is 7.80. The minimum Gasteiger partial charge on any atom is -0.394 e. The van der Waals surface area contributed by atoms with E-state index in [1.807, 2.05) is 30.3 Å². The van der Waals surface area contributed by atoms with Gasteiger partial charge in [0.15, 0.2) is 5.11 Å². The molecule has 0 radical (unpaired) electrons. The molecule has 0 aromatic heterocycles. The first kappa shape index (κ1) is 19.8. The Labute approximate surface area is 140 Å². The smallest absolute Gasteiger partial charge is 0.166 e. The van der Waals surface area contributed by atoms with E-state index >= 15 is 0 Å². The van der Waals surface area contributed by atoms with Crippen molar-refractivity contribution in [2.75, 3.05) is 19.7 Å². The molecule has 0 saturated carbocycles. The van der Waals surface area contributed by atoms with Gasteiger partial charge in [-0.15, -0.1) is 0 Å². The predicted octanol–water partition coefficient (Wildman–Crippen LogP) is -1.87. The number of benzene rings is 1. The minimum atomic E-state index is -1.64. The van der Waals surface area contributed by atoms with Crippen LogP contribution in [0.4, 0.5) is 0 Å². The minimum absolute atomic E-state index is 0.104. The maximum absolute atomic E-state index is 9.73. The summed E-state index contributed by atoms with van der Waals surface area (Å²) in [5, 5.41) is 52.8. The molecule has 1 rings (SSSR count). The van der Waals surface area contributed by atoms with E-state index in [2.05, 4.69) is 10.6 Å². The summed E-state index contributed by atoms with van der Waals surface area (Å²) in [5.74, 6) is 0. The Bertz CT molecular complexity index is 462. The van der Waals surface area contributed by atoms with E-state index in [1.165, 1.54) is 5.56 Å². The van der Waals surface area contributed by atoms with Crippen molar-refractivity contribution in [1.29, 1.82) is 0 Å². The summed E-state index contributed by atoms with van der Waals surface area (Å²) in [4.78, 5) is 0. The molecule has 8 heteroatoms. The second-order valence-corrected chi connectivity index (χ2v) is 5.58. The van der Waals surface area contributed by atoms with Crippen LogP contribution in [0.15, 0.2) is 30.3 Å². The van der Waals surface area contributed by atoms with Gasteiger partial charge in [0.25, 0.3) is 0 Å². The summed E-state index contributed by atoms with van der Waals surface area (Å²) < 4.78 is 0. The fourth-order valence-electron chi connectivity index (χ4n) is 1.91. The van der Waals surface area contributed by atoms with Gasteiger partial charge in [-0.2, -0.15) is 0 Å². The first-order valence-corrected chi connectivity index (χ1v) is 7.75. The normalized spacial score (nSPS) is 16.2. The van der Waals surface area contributed by atoms with Crippen molar-refractivity contribution in [2.45, 2.75) is 30.8 Å². The van der Waals surface area contributed by atoms with E-state index in [9.17, 15) is 20.4 Å². The Morgan fingerprint density at radius 2 is 1.57 bits per heavy atom. The topological polar surface area (TPSA) is 125 Å². The molecular weight excluding hydrogens is 320 g/mol. The molecule has 7 N–H and O–H groups in total. The van der Waals surface area contributed by atoms with Gasteiger partial charge >= 0.3 is 0 Å². The third-order valence-electron chi connectivity index (χ3n) is 3.34. The van der Waals surface area contributed by atoms with Crippen LogP contribution in [-0.4, -0.2) is 74.8 Å². The number of thiocarbonyl (C=S) groups is 1. The third-order valence-corrected chi connectivity index (χ3v) is 3.63. The Morgan fingerprint density at radius 1 is 0.957 bits per heavy atom. The van der Waals surface area contributed by atoms with Crippen molar-refractivity contribution in [2.24, 2.45) is 0 Å². The maximum atomic E-state index is 9.73. The van der Waals surface area contributed by atoms with Crippen LogP contribution in [-0.2, 0) is 6.42 Å². The zero-order valence-electron chi connectivity index (χ0n) is 12.7. The largest absolute Gasteiger partial charge is 0.394 e. The fraction of sp³-hybridized carbons (Fsp3) is 0.533. The van der Waals surface area contributed by atoms with E-state index in [1.54, 1.807) is 0 Å². The van der Waals surface area contributed by atoms with E-state index in [0.29, 0.717) is 11.7 Å². The summed E-state index contributed by atoms with van der Waals surface area (Å²) >= 11 is 5.05. The zero-order chi connectivity index (χ0) is 17.2. The van der Waals surface area contributed by atoms with Crippen LogP contribution in [0.5, 0.6) is 0 Å². The molecule has 0 unspecified atom stereocenters. The lowest BCUT2D eigenvalue weighted by atomic mass is 10.0. The molecule has 0 fully saturated rings. The highest BCUT2D eigenvalue weighted by Crippen LogP contribution is 2.04. The van der Waals surface area contributed by atoms with Crippen LogP contribution in [0.1, 0.15) is 5.56 Å². The summed E-state index contributed by atoms with van der Waals surface area (Å²) in [7, 11) is 0. The van der Waals surface area contributed by atoms with Gasteiger partial charge in [0.05, 0.1) is 12.7 Å². The van der Waals surface area contributed by atoms with Gasteiger partial charge in [0.2, 0.25) is 0 Å². The van der Waals surface area contributed by atoms with Gasteiger partial charge in [0.1, 0.15) is 18.3 Å². The van der Waals surface area contributed by atoms with Gasteiger partial charge in [0, 0.05) is 13.1 Å². The van der Waals surface area contributed by atoms with Crippen molar-refractivity contribution in [1.82, 2.24) is 10.6 Å². The lowest BCUT2D eigenvalue weighted by molar-refractivity contribution is -0.113. The maximum Gasteiger partial charge on any atom is 0.166 e. The average Bonchev–Trinajstić information content (AvgIpc) is 2.58. The molecule has 130 valence electrons. The van der Waals surface area contributed by atoms with Gasteiger partial charge in [-0.1, -0.05) is 30.3 Å². The number of nitrogens with one attached hydrogen (secondary N) is 2. The first-order valence-electron chi connectivity index (χ1n) is 7.34. The molecule has 23 heavy (non-hydrogen) atoms. The number of rotatable bonds is 9. The number of aliphatic hydroxyl groups is 5. The number of aliphatic hydroxyl groups excluding tert-OH is 5. The SMILES string of the molecule is OC[C@@H](O)[C@@H](O)[C@H](O)[C@@H](O)CNC(=S)NCCc1ccccc1. The Balaban J connectivity index is 2.24. The number of hydrogen-bond acceptors (Lipinski definition) is 6. The zero-order valence-corrected chi connectivity index (χ0v) is 13.5. The third kappa shape index (κ3) is 7.21. The van der Waals surface area contributed by atoms with Crippen LogP contribution in [0.25, 0.3) is 0 Å². The summed E-state index contributed by atoms with van der Waals surface area (Å²) in [6.07, 6.45) is -5.32. The van der Waals surface area contributed by atoms with Gasteiger partial charge in [-0.3, -0.25) is 0 Å². The molecule has 0 saturated heterocycles. The highest BCUT2D eigenvalue weighted by atomic mass is 32.1. The molecular formula is C15H24N2O5S. The lowest BCUT2D eigenvalue weighted by Crippen LogP contribution is -2.50. The standard InChI is InChI=1S/C15H24N2O5S/c18-9-12(20)14(22)13(21)11(19)8-17-15(23)16-7-6-10-4-2-1-3-5-10/h1-5,11-14,18-22H,6-9H2,(H2,16,17,23)/t11-,12+,13+,14+/m0/s1. The van der Waals surface area contributed by atoms with Crippen LogP contribution in [0.3, 0.4) is 0 Å². The molecule has 0 aliphatic carbocycles. The molecule has 1 aromatic carbocycles. The predicted molar refractivity (Wildman–Crippen MR) is 89.9 cm³/mol. The van der Waals surface area contributed by atoms with Crippen molar-refractivity contribution >= 4 is 17.3 Å². The molecule has 4 atom stereocenters. The molecule has 0 bridgehead atoms. The Kier molecular flexibility index (Phi) is 9.00. The van der Waals surface area contributed by atoms with Crippen molar-refractivity contribution < 1.29 is 25.5 Å².